The molecule has 0 radical (unpaired) electrons. The molecule has 2 aromatic rings. The van der Waals surface area contributed by atoms with Crippen LogP contribution in [0.15, 0.2) is 48.2 Å². The molecule has 0 unspecified atom stereocenters. The standard InChI is InChI=1S/C27H37N3O3.C2H4O2/c1-26(2,3)19-14-20(27(4,5)6)23(33-9)15-22(19)29-25(32)18(16-30(7)8)24(31)17-12-10-11-13-21(17)28;1-4-2-3/h10-16H,28H2,1-9H3,(H,29,32);2H,1H3/b18-16-;. The average molecular weight is 512 g/mol. The number of rotatable bonds is 7. The van der Waals surface area contributed by atoms with Crippen molar-refractivity contribution in [2.75, 3.05) is 39.4 Å². The lowest BCUT2D eigenvalue weighted by atomic mass is 9.79. The number of nitrogen functional groups attached to an aromatic ring is 1. The smallest absolute Gasteiger partial charge is 0.292 e. The molecule has 2 rings (SSSR count). The molecule has 1 amide bonds. The van der Waals surface area contributed by atoms with Crippen molar-refractivity contribution in [2.24, 2.45) is 0 Å². The minimum Gasteiger partial charge on any atom is -0.496 e. The number of carbonyl (C=O) groups excluding carboxylic acids is 3. The van der Waals surface area contributed by atoms with Gasteiger partial charge in [0.25, 0.3) is 12.4 Å². The van der Waals surface area contributed by atoms with E-state index in [0.29, 0.717) is 23.6 Å². The van der Waals surface area contributed by atoms with Crippen molar-refractivity contribution in [3.05, 3.63) is 64.9 Å². The molecule has 202 valence electrons. The van der Waals surface area contributed by atoms with Crippen LogP contribution in [-0.2, 0) is 25.2 Å². The fraction of sp³-hybridized carbons (Fsp3) is 0.414. The molecule has 0 saturated heterocycles. The molecule has 0 aliphatic heterocycles. The number of hydrogen-bond acceptors (Lipinski definition) is 7. The summed E-state index contributed by atoms with van der Waals surface area (Å²) in [5, 5.41) is 2.97. The number of nitrogens with two attached hydrogens (primary N) is 1. The fourth-order valence-corrected chi connectivity index (χ4v) is 3.58. The van der Waals surface area contributed by atoms with Crippen LogP contribution in [-0.4, -0.2) is 51.4 Å². The Morgan fingerprint density at radius 3 is 1.92 bits per heavy atom. The second-order valence-electron chi connectivity index (χ2n) is 10.8. The second-order valence-corrected chi connectivity index (χ2v) is 10.8. The minimum atomic E-state index is -0.506. The Morgan fingerprint density at radius 1 is 0.946 bits per heavy atom. The summed E-state index contributed by atoms with van der Waals surface area (Å²) >= 11 is 0. The summed E-state index contributed by atoms with van der Waals surface area (Å²) in [6.07, 6.45) is 1.52. The first kappa shape index (κ1) is 31.2. The molecule has 8 heteroatoms. The quantitative estimate of drug-likeness (QED) is 0.135. The molecular formula is C29H41N3O5. The molecule has 2 aromatic carbocycles. The number of Topliss-reactive ketones (excluding diaryl/α,β-unsaturated/α-hetero) is 1. The van der Waals surface area contributed by atoms with Gasteiger partial charge in [-0.25, -0.2) is 0 Å². The van der Waals surface area contributed by atoms with Crippen LogP contribution in [0.3, 0.4) is 0 Å². The van der Waals surface area contributed by atoms with Gasteiger partial charge in [-0.1, -0.05) is 53.7 Å². The van der Waals surface area contributed by atoms with Crippen molar-refractivity contribution < 1.29 is 23.9 Å². The van der Waals surface area contributed by atoms with Crippen LogP contribution >= 0.6 is 0 Å². The summed E-state index contributed by atoms with van der Waals surface area (Å²) in [6, 6.07) is 10.7. The Kier molecular flexibility index (Phi) is 10.9. The molecule has 0 saturated carbocycles. The van der Waals surface area contributed by atoms with Crippen LogP contribution in [0.5, 0.6) is 5.75 Å². The Balaban J connectivity index is 0.00000159. The number of benzene rings is 2. The van der Waals surface area contributed by atoms with Gasteiger partial charge in [0.1, 0.15) is 11.3 Å². The maximum Gasteiger partial charge on any atom is 0.292 e. The second kappa shape index (κ2) is 12.9. The van der Waals surface area contributed by atoms with E-state index in [4.69, 9.17) is 15.3 Å². The van der Waals surface area contributed by atoms with E-state index in [1.165, 1.54) is 13.3 Å². The normalized spacial score (nSPS) is 11.6. The van der Waals surface area contributed by atoms with E-state index < -0.39 is 11.7 Å². The van der Waals surface area contributed by atoms with Crippen molar-refractivity contribution in [3.8, 4) is 5.75 Å². The van der Waals surface area contributed by atoms with Gasteiger partial charge in [0.15, 0.2) is 0 Å². The highest BCUT2D eigenvalue weighted by atomic mass is 16.5. The van der Waals surface area contributed by atoms with E-state index in [2.05, 4.69) is 57.7 Å². The number of ether oxygens (including phenoxy) is 2. The zero-order chi connectivity index (χ0) is 28.6. The van der Waals surface area contributed by atoms with E-state index in [9.17, 15) is 9.59 Å². The van der Waals surface area contributed by atoms with Gasteiger partial charge in [-0.15, -0.1) is 0 Å². The van der Waals surface area contributed by atoms with Crippen LogP contribution in [0.25, 0.3) is 0 Å². The number of hydrogen-bond donors (Lipinski definition) is 2. The molecular weight excluding hydrogens is 470 g/mol. The van der Waals surface area contributed by atoms with Gasteiger partial charge < -0.3 is 25.4 Å². The molecule has 0 aliphatic rings. The van der Waals surface area contributed by atoms with Gasteiger partial charge in [-0.3, -0.25) is 14.4 Å². The average Bonchev–Trinajstić information content (AvgIpc) is 2.80. The number of amides is 1. The molecule has 0 atom stereocenters. The van der Waals surface area contributed by atoms with Crippen molar-refractivity contribution in [2.45, 2.75) is 52.4 Å². The Bertz CT molecular complexity index is 1140. The highest BCUT2D eigenvalue weighted by Gasteiger charge is 2.28. The summed E-state index contributed by atoms with van der Waals surface area (Å²) in [7, 11) is 6.45. The van der Waals surface area contributed by atoms with Gasteiger partial charge in [-0.2, -0.15) is 0 Å². The monoisotopic (exact) mass is 511 g/mol. The van der Waals surface area contributed by atoms with Crippen LogP contribution in [0, 0.1) is 0 Å². The highest BCUT2D eigenvalue weighted by Crippen LogP contribution is 2.40. The van der Waals surface area contributed by atoms with Crippen LogP contribution in [0.1, 0.15) is 63.0 Å². The van der Waals surface area contributed by atoms with E-state index in [1.807, 2.05) is 6.07 Å². The van der Waals surface area contributed by atoms with Crippen LogP contribution < -0.4 is 15.8 Å². The van der Waals surface area contributed by atoms with Crippen molar-refractivity contribution >= 4 is 29.5 Å². The number of methoxy groups -OCH3 is 2. The topological polar surface area (TPSA) is 111 Å². The number of para-hydroxylation sites is 1. The lowest BCUT2D eigenvalue weighted by Crippen LogP contribution is -2.26. The Hall–Kier alpha value is -3.81. The number of carbonyl (C=O) groups is 3. The zero-order valence-corrected chi connectivity index (χ0v) is 23.7. The molecule has 0 fully saturated rings. The van der Waals surface area contributed by atoms with Gasteiger partial charge >= 0.3 is 0 Å². The van der Waals surface area contributed by atoms with Gasteiger partial charge in [0.2, 0.25) is 5.78 Å². The summed E-state index contributed by atoms with van der Waals surface area (Å²) in [6.45, 7) is 13.0. The fourth-order valence-electron chi connectivity index (χ4n) is 3.58. The molecule has 8 nitrogen and oxygen atoms in total. The van der Waals surface area contributed by atoms with E-state index in [-0.39, 0.29) is 22.0 Å². The maximum absolute atomic E-state index is 13.4. The lowest BCUT2D eigenvalue weighted by molar-refractivity contribution is -0.126. The van der Waals surface area contributed by atoms with E-state index in [0.717, 1.165) is 11.1 Å². The van der Waals surface area contributed by atoms with Crippen LogP contribution in [0.4, 0.5) is 11.4 Å². The largest absolute Gasteiger partial charge is 0.496 e. The number of anilines is 2. The summed E-state index contributed by atoms with van der Waals surface area (Å²) in [5.41, 5.74) is 8.83. The summed E-state index contributed by atoms with van der Waals surface area (Å²) in [5.74, 6) is -0.259. The number of nitrogens with one attached hydrogen (secondary N) is 1. The van der Waals surface area contributed by atoms with Gasteiger partial charge in [0, 0.05) is 43.3 Å². The summed E-state index contributed by atoms with van der Waals surface area (Å²) in [4.78, 5) is 37.3. The zero-order valence-electron chi connectivity index (χ0n) is 23.7. The molecule has 0 aliphatic carbocycles. The summed E-state index contributed by atoms with van der Waals surface area (Å²) < 4.78 is 9.52. The Labute approximate surface area is 220 Å². The van der Waals surface area contributed by atoms with Crippen molar-refractivity contribution in [1.29, 1.82) is 0 Å². The highest BCUT2D eigenvalue weighted by molar-refractivity contribution is 6.29. The first-order valence-corrected chi connectivity index (χ1v) is 11.9. The SMILES string of the molecule is COC=O.COc1cc(NC(=O)/C(=C\N(C)C)C(=O)c2ccccc2N)c(C(C)(C)C)cc1C(C)(C)C. The van der Waals surface area contributed by atoms with E-state index in [1.54, 1.807) is 50.4 Å². The molecule has 3 N–H and O–H groups in total. The number of ketones is 1. The minimum absolute atomic E-state index is 0.00313. The van der Waals surface area contributed by atoms with Gasteiger partial charge in [-0.05, 0) is 40.2 Å². The third kappa shape index (κ3) is 8.66. The third-order valence-corrected chi connectivity index (χ3v) is 5.38. The number of nitrogens with zero attached hydrogens (tertiary/aromatic N) is 1. The lowest BCUT2D eigenvalue weighted by Gasteiger charge is -2.29. The predicted molar refractivity (Wildman–Crippen MR) is 149 cm³/mol. The maximum atomic E-state index is 13.4. The Morgan fingerprint density at radius 2 is 1.49 bits per heavy atom. The van der Waals surface area contributed by atoms with Crippen LogP contribution in [0.2, 0.25) is 0 Å². The van der Waals surface area contributed by atoms with Crippen molar-refractivity contribution in [1.82, 2.24) is 4.90 Å². The molecule has 37 heavy (non-hydrogen) atoms. The predicted octanol–water partition coefficient (Wildman–Crippen LogP) is 4.93. The first-order chi connectivity index (χ1) is 17.1. The molecule has 0 aromatic heterocycles. The molecule has 0 bridgehead atoms. The van der Waals surface area contributed by atoms with Gasteiger partial charge in [0.05, 0.1) is 14.2 Å². The van der Waals surface area contributed by atoms with Crippen molar-refractivity contribution in [3.63, 3.8) is 0 Å². The van der Waals surface area contributed by atoms with E-state index >= 15 is 0 Å². The molecule has 0 spiro atoms. The first-order valence-electron chi connectivity index (χ1n) is 11.9. The molecule has 0 heterocycles. The third-order valence-electron chi connectivity index (χ3n) is 5.38.